The number of anilines is 1. The van der Waals surface area contributed by atoms with Crippen LogP contribution >= 0.6 is 0 Å². The first-order valence-corrected chi connectivity index (χ1v) is 7.51. The van der Waals surface area contributed by atoms with Crippen molar-refractivity contribution in [3.05, 3.63) is 47.3 Å². The highest BCUT2D eigenvalue weighted by molar-refractivity contribution is 5.29. The number of aromatic nitrogens is 2. The Morgan fingerprint density at radius 3 is 2.90 bits per heavy atom. The fourth-order valence-electron chi connectivity index (χ4n) is 2.39. The second-order valence-corrected chi connectivity index (χ2v) is 5.41. The van der Waals surface area contributed by atoms with Gasteiger partial charge in [-0.25, -0.2) is 4.98 Å². The molecule has 0 bridgehead atoms. The van der Waals surface area contributed by atoms with Gasteiger partial charge < -0.3 is 14.6 Å². The van der Waals surface area contributed by atoms with Crippen LogP contribution in [0.4, 0.5) is 5.95 Å². The summed E-state index contributed by atoms with van der Waals surface area (Å²) in [6.45, 7) is 6.76. The van der Waals surface area contributed by atoms with E-state index in [0.29, 0.717) is 0 Å². The molecule has 0 aliphatic rings. The Kier molecular flexibility index (Phi) is 5.81. The van der Waals surface area contributed by atoms with Gasteiger partial charge in [0.1, 0.15) is 0 Å². The van der Waals surface area contributed by atoms with Crippen molar-refractivity contribution >= 4 is 5.95 Å². The van der Waals surface area contributed by atoms with Gasteiger partial charge in [0, 0.05) is 33.0 Å². The van der Waals surface area contributed by atoms with Gasteiger partial charge in [0.2, 0.25) is 5.95 Å². The predicted molar refractivity (Wildman–Crippen MR) is 86.8 cm³/mol. The SMILES string of the molecule is COCCCNc1nc(C)cn1CCc1cccc(C)c1. The summed E-state index contributed by atoms with van der Waals surface area (Å²) in [5, 5.41) is 3.39. The minimum Gasteiger partial charge on any atom is -0.385 e. The lowest BCUT2D eigenvalue weighted by Gasteiger charge is -2.10. The van der Waals surface area contributed by atoms with E-state index < -0.39 is 0 Å². The van der Waals surface area contributed by atoms with E-state index in [9.17, 15) is 0 Å². The molecule has 0 radical (unpaired) electrons. The molecule has 0 atom stereocenters. The predicted octanol–water partition coefficient (Wildman–Crippen LogP) is 3.19. The largest absolute Gasteiger partial charge is 0.385 e. The Morgan fingerprint density at radius 2 is 2.14 bits per heavy atom. The molecule has 0 saturated heterocycles. The minimum absolute atomic E-state index is 0.774. The van der Waals surface area contributed by atoms with Crippen molar-refractivity contribution in [3.63, 3.8) is 0 Å². The summed E-state index contributed by atoms with van der Waals surface area (Å²) in [4.78, 5) is 4.55. The molecular formula is C17H25N3O. The van der Waals surface area contributed by atoms with Gasteiger partial charge >= 0.3 is 0 Å². The van der Waals surface area contributed by atoms with Gasteiger partial charge in [0.15, 0.2) is 0 Å². The summed E-state index contributed by atoms with van der Waals surface area (Å²) in [5.74, 6) is 0.955. The number of aryl methyl sites for hydroxylation is 4. The normalized spacial score (nSPS) is 10.8. The third kappa shape index (κ3) is 4.90. The van der Waals surface area contributed by atoms with Crippen molar-refractivity contribution in [1.82, 2.24) is 9.55 Å². The highest BCUT2D eigenvalue weighted by Gasteiger charge is 2.05. The number of imidazole rings is 1. The summed E-state index contributed by atoms with van der Waals surface area (Å²) >= 11 is 0. The van der Waals surface area contributed by atoms with E-state index in [1.807, 2.05) is 6.92 Å². The molecule has 2 aromatic rings. The number of hydrogen-bond donors (Lipinski definition) is 1. The zero-order valence-corrected chi connectivity index (χ0v) is 13.2. The standard InChI is InChI=1S/C17H25N3O/c1-14-6-4-7-16(12-14)8-10-20-13-15(2)19-17(20)18-9-5-11-21-3/h4,6-7,12-13H,5,8-11H2,1-3H3,(H,18,19). The highest BCUT2D eigenvalue weighted by atomic mass is 16.5. The molecule has 4 nitrogen and oxygen atoms in total. The van der Waals surface area contributed by atoms with Crippen molar-refractivity contribution in [2.24, 2.45) is 0 Å². The summed E-state index contributed by atoms with van der Waals surface area (Å²) in [5.41, 5.74) is 3.73. The Hall–Kier alpha value is -1.81. The van der Waals surface area contributed by atoms with E-state index in [0.717, 1.165) is 44.2 Å². The Bertz CT molecular complexity index is 563. The zero-order valence-electron chi connectivity index (χ0n) is 13.2. The maximum atomic E-state index is 5.06. The molecule has 1 aromatic heterocycles. The van der Waals surface area contributed by atoms with Crippen LogP contribution in [0.3, 0.4) is 0 Å². The Balaban J connectivity index is 1.93. The summed E-state index contributed by atoms with van der Waals surface area (Å²) in [6.07, 6.45) is 4.11. The van der Waals surface area contributed by atoms with Crippen molar-refractivity contribution in [2.45, 2.75) is 33.2 Å². The number of nitrogens with one attached hydrogen (secondary N) is 1. The summed E-state index contributed by atoms with van der Waals surface area (Å²) in [7, 11) is 1.73. The second-order valence-electron chi connectivity index (χ2n) is 5.41. The molecule has 0 fully saturated rings. The maximum Gasteiger partial charge on any atom is 0.203 e. The Labute approximate surface area is 127 Å². The smallest absolute Gasteiger partial charge is 0.203 e. The van der Waals surface area contributed by atoms with Crippen LogP contribution in [-0.2, 0) is 17.7 Å². The van der Waals surface area contributed by atoms with Crippen LogP contribution in [0.15, 0.2) is 30.5 Å². The molecule has 1 heterocycles. The fourth-order valence-corrected chi connectivity index (χ4v) is 2.39. The monoisotopic (exact) mass is 287 g/mol. The van der Waals surface area contributed by atoms with Gasteiger partial charge in [-0.1, -0.05) is 29.8 Å². The zero-order chi connectivity index (χ0) is 15.1. The van der Waals surface area contributed by atoms with Crippen molar-refractivity contribution < 1.29 is 4.74 Å². The number of ether oxygens (including phenoxy) is 1. The average molecular weight is 287 g/mol. The van der Waals surface area contributed by atoms with Crippen molar-refractivity contribution in [1.29, 1.82) is 0 Å². The molecule has 0 spiro atoms. The third-order valence-electron chi connectivity index (χ3n) is 3.43. The minimum atomic E-state index is 0.774. The lowest BCUT2D eigenvalue weighted by atomic mass is 10.1. The lowest BCUT2D eigenvalue weighted by Crippen LogP contribution is -2.11. The van der Waals surface area contributed by atoms with Crippen LogP contribution in [0.25, 0.3) is 0 Å². The van der Waals surface area contributed by atoms with E-state index in [2.05, 4.69) is 52.3 Å². The molecule has 21 heavy (non-hydrogen) atoms. The van der Waals surface area contributed by atoms with Gasteiger partial charge in [-0.15, -0.1) is 0 Å². The molecule has 4 heteroatoms. The van der Waals surface area contributed by atoms with Crippen LogP contribution in [0.2, 0.25) is 0 Å². The first-order valence-electron chi connectivity index (χ1n) is 7.51. The van der Waals surface area contributed by atoms with E-state index >= 15 is 0 Å². The van der Waals surface area contributed by atoms with Gasteiger partial charge in [-0.2, -0.15) is 0 Å². The summed E-state index contributed by atoms with van der Waals surface area (Å²) < 4.78 is 7.26. The van der Waals surface area contributed by atoms with Crippen LogP contribution in [0, 0.1) is 13.8 Å². The first-order chi connectivity index (χ1) is 10.2. The molecule has 0 amide bonds. The average Bonchev–Trinajstić information content (AvgIpc) is 2.82. The van der Waals surface area contributed by atoms with Crippen molar-refractivity contribution in [2.75, 3.05) is 25.6 Å². The molecule has 1 aromatic carbocycles. The summed E-state index contributed by atoms with van der Waals surface area (Å²) in [6, 6.07) is 8.68. The van der Waals surface area contributed by atoms with E-state index in [1.165, 1.54) is 11.1 Å². The van der Waals surface area contributed by atoms with Crippen molar-refractivity contribution in [3.8, 4) is 0 Å². The topological polar surface area (TPSA) is 39.1 Å². The first kappa shape index (κ1) is 15.6. The van der Waals surface area contributed by atoms with E-state index in [1.54, 1.807) is 7.11 Å². The fraction of sp³-hybridized carbons (Fsp3) is 0.471. The third-order valence-corrected chi connectivity index (χ3v) is 3.43. The molecule has 0 saturated carbocycles. The van der Waals surface area contributed by atoms with Gasteiger partial charge in [-0.05, 0) is 32.3 Å². The molecule has 0 aliphatic carbocycles. The molecule has 0 aliphatic heterocycles. The van der Waals surface area contributed by atoms with Crippen LogP contribution in [0.5, 0.6) is 0 Å². The van der Waals surface area contributed by atoms with E-state index in [4.69, 9.17) is 4.74 Å². The molecule has 1 N–H and O–H groups in total. The van der Waals surface area contributed by atoms with Gasteiger partial charge in [-0.3, -0.25) is 0 Å². The number of hydrogen-bond acceptors (Lipinski definition) is 3. The van der Waals surface area contributed by atoms with Gasteiger partial charge in [0.05, 0.1) is 5.69 Å². The molecular weight excluding hydrogens is 262 g/mol. The number of nitrogens with zero attached hydrogens (tertiary/aromatic N) is 2. The number of methoxy groups -OCH3 is 1. The maximum absolute atomic E-state index is 5.06. The Morgan fingerprint density at radius 1 is 1.29 bits per heavy atom. The molecule has 2 rings (SSSR count). The van der Waals surface area contributed by atoms with Crippen LogP contribution < -0.4 is 5.32 Å². The molecule has 0 unspecified atom stereocenters. The van der Waals surface area contributed by atoms with E-state index in [-0.39, 0.29) is 0 Å². The highest BCUT2D eigenvalue weighted by Crippen LogP contribution is 2.11. The van der Waals surface area contributed by atoms with Crippen LogP contribution in [-0.4, -0.2) is 29.8 Å². The quantitative estimate of drug-likeness (QED) is 0.758. The lowest BCUT2D eigenvalue weighted by molar-refractivity contribution is 0.197. The van der Waals surface area contributed by atoms with Gasteiger partial charge in [0.25, 0.3) is 0 Å². The number of rotatable bonds is 8. The molecule has 114 valence electrons. The second kappa shape index (κ2) is 7.84. The number of benzene rings is 1. The van der Waals surface area contributed by atoms with Crippen LogP contribution in [0.1, 0.15) is 23.2 Å².